The van der Waals surface area contributed by atoms with Crippen LogP contribution in [0.5, 0.6) is 0 Å². The highest BCUT2D eigenvalue weighted by Crippen LogP contribution is 2.40. The van der Waals surface area contributed by atoms with Crippen molar-refractivity contribution in [2.24, 2.45) is 11.8 Å². The fourth-order valence-electron chi connectivity index (χ4n) is 3.38. The minimum absolute atomic E-state index is 0.288. The smallest absolute Gasteiger partial charge is 0.209 e. The lowest BCUT2D eigenvalue weighted by atomic mass is 9.88. The van der Waals surface area contributed by atoms with Gasteiger partial charge >= 0.3 is 0 Å². The standard InChI is InChI=1S/C15H22O9/c16-4-6-3-8(18)7-1-2-22-14(10(6)7)24-15-13(21)12(20)11(19)9(5-17)23-15/h1-3,7-21H,4-5H2/t7-,8+,9?,10+,11+,12?,13?,14-,15-/m0/s1. The van der Waals surface area contributed by atoms with E-state index in [1.807, 2.05) is 0 Å². The SMILES string of the molecule is OCC1=C[C@@H](O)[C@@H]2C=CO[C@@H](O[C@@H]3OC(CO)[C@@H](O)C(O)C3O)[C@H]12. The first-order chi connectivity index (χ1) is 11.5. The quantitative estimate of drug-likeness (QED) is 0.297. The number of rotatable bonds is 4. The molecule has 3 aliphatic rings. The van der Waals surface area contributed by atoms with Crippen molar-refractivity contribution < 1.29 is 44.8 Å². The normalized spacial score (nSPS) is 47.9. The predicted octanol–water partition coefficient (Wildman–Crippen LogP) is -2.80. The molecule has 3 rings (SSSR count). The summed E-state index contributed by atoms with van der Waals surface area (Å²) in [6.45, 7) is -0.854. The lowest BCUT2D eigenvalue weighted by Crippen LogP contribution is -2.60. The number of fused-ring (bicyclic) bond motifs is 1. The van der Waals surface area contributed by atoms with E-state index in [1.165, 1.54) is 12.3 Å². The first kappa shape index (κ1) is 17.8. The lowest BCUT2D eigenvalue weighted by molar-refractivity contribution is -0.339. The Morgan fingerprint density at radius 2 is 1.75 bits per heavy atom. The van der Waals surface area contributed by atoms with Crippen molar-refractivity contribution in [2.45, 2.75) is 43.1 Å². The monoisotopic (exact) mass is 346 g/mol. The van der Waals surface area contributed by atoms with E-state index >= 15 is 0 Å². The molecule has 0 aromatic heterocycles. The molecule has 136 valence electrons. The first-order valence-electron chi connectivity index (χ1n) is 7.75. The van der Waals surface area contributed by atoms with Gasteiger partial charge in [-0.2, -0.15) is 0 Å². The van der Waals surface area contributed by atoms with E-state index in [2.05, 4.69) is 0 Å². The average molecular weight is 346 g/mol. The second kappa shape index (κ2) is 7.06. The summed E-state index contributed by atoms with van der Waals surface area (Å²) in [5.74, 6) is -0.835. The summed E-state index contributed by atoms with van der Waals surface area (Å²) < 4.78 is 16.3. The van der Waals surface area contributed by atoms with Crippen LogP contribution < -0.4 is 0 Å². The zero-order valence-corrected chi connectivity index (χ0v) is 12.8. The molecule has 6 N–H and O–H groups in total. The number of hydrogen-bond donors (Lipinski definition) is 6. The average Bonchev–Trinajstić information content (AvgIpc) is 2.92. The molecule has 0 amide bonds. The third-order valence-electron chi connectivity index (χ3n) is 4.73. The molecule has 3 unspecified atom stereocenters. The summed E-state index contributed by atoms with van der Waals surface area (Å²) in [6, 6.07) is 0. The third-order valence-corrected chi connectivity index (χ3v) is 4.73. The second-order valence-electron chi connectivity index (χ2n) is 6.16. The van der Waals surface area contributed by atoms with Gasteiger partial charge in [0.1, 0.15) is 24.4 Å². The van der Waals surface area contributed by atoms with Crippen LogP contribution >= 0.6 is 0 Å². The van der Waals surface area contributed by atoms with Crippen LogP contribution in [-0.2, 0) is 14.2 Å². The third kappa shape index (κ3) is 2.98. The highest BCUT2D eigenvalue weighted by atomic mass is 16.8. The molecular weight excluding hydrogens is 324 g/mol. The zero-order chi connectivity index (χ0) is 17.4. The molecule has 0 aromatic carbocycles. The summed E-state index contributed by atoms with van der Waals surface area (Å²) in [6.07, 6.45) is -4.27. The van der Waals surface area contributed by atoms with Gasteiger partial charge in [0.15, 0.2) is 6.29 Å². The van der Waals surface area contributed by atoms with Crippen LogP contribution in [-0.4, -0.2) is 87.0 Å². The Labute approximate surface area is 138 Å². The molecule has 0 bridgehead atoms. The van der Waals surface area contributed by atoms with Gasteiger partial charge in [0, 0.05) is 5.92 Å². The largest absolute Gasteiger partial charge is 0.472 e. The maximum Gasteiger partial charge on any atom is 0.209 e. The van der Waals surface area contributed by atoms with Crippen LogP contribution in [0.4, 0.5) is 0 Å². The van der Waals surface area contributed by atoms with E-state index in [4.69, 9.17) is 14.2 Å². The molecule has 0 aromatic rings. The summed E-state index contributed by atoms with van der Waals surface area (Å²) in [5.41, 5.74) is 0.534. The molecule has 0 saturated carbocycles. The minimum Gasteiger partial charge on any atom is -0.472 e. The molecule has 1 fully saturated rings. The van der Waals surface area contributed by atoms with Crippen molar-refractivity contribution in [1.82, 2.24) is 0 Å². The number of aliphatic hydroxyl groups is 6. The highest BCUT2D eigenvalue weighted by molar-refractivity contribution is 5.25. The molecule has 1 saturated heterocycles. The summed E-state index contributed by atoms with van der Waals surface area (Å²) in [4.78, 5) is 0. The lowest BCUT2D eigenvalue weighted by Gasteiger charge is -2.42. The Morgan fingerprint density at radius 1 is 1.00 bits per heavy atom. The van der Waals surface area contributed by atoms with Gasteiger partial charge < -0.3 is 44.8 Å². The topological polar surface area (TPSA) is 149 Å². The van der Waals surface area contributed by atoms with Gasteiger partial charge in [-0.25, -0.2) is 0 Å². The summed E-state index contributed by atoms with van der Waals surface area (Å²) in [5, 5.41) is 58.3. The highest BCUT2D eigenvalue weighted by Gasteiger charge is 2.49. The van der Waals surface area contributed by atoms with Crippen LogP contribution in [0.15, 0.2) is 24.0 Å². The molecule has 0 spiro atoms. The molecule has 9 nitrogen and oxygen atoms in total. The van der Waals surface area contributed by atoms with E-state index in [1.54, 1.807) is 6.08 Å². The Hall–Kier alpha value is -1.04. The van der Waals surface area contributed by atoms with Crippen molar-refractivity contribution >= 4 is 0 Å². The molecule has 2 aliphatic heterocycles. The number of aliphatic hydroxyl groups excluding tert-OH is 6. The van der Waals surface area contributed by atoms with Crippen molar-refractivity contribution in [1.29, 1.82) is 0 Å². The van der Waals surface area contributed by atoms with Crippen molar-refractivity contribution in [3.63, 3.8) is 0 Å². The van der Waals surface area contributed by atoms with Gasteiger partial charge in [-0.15, -0.1) is 0 Å². The minimum atomic E-state index is -1.56. The molecular formula is C15H22O9. The van der Waals surface area contributed by atoms with Gasteiger partial charge in [-0.05, 0) is 11.6 Å². The molecule has 2 heterocycles. The van der Waals surface area contributed by atoms with Crippen LogP contribution in [0, 0.1) is 11.8 Å². The fourth-order valence-corrected chi connectivity index (χ4v) is 3.38. The predicted molar refractivity (Wildman–Crippen MR) is 77.0 cm³/mol. The molecule has 0 radical (unpaired) electrons. The van der Waals surface area contributed by atoms with Gasteiger partial charge in [-0.1, -0.05) is 6.08 Å². The molecule has 24 heavy (non-hydrogen) atoms. The van der Waals surface area contributed by atoms with Crippen LogP contribution in [0.25, 0.3) is 0 Å². The Balaban J connectivity index is 1.75. The zero-order valence-electron chi connectivity index (χ0n) is 12.8. The van der Waals surface area contributed by atoms with E-state index in [-0.39, 0.29) is 12.5 Å². The molecule has 9 atom stereocenters. The Bertz CT molecular complexity index is 505. The number of hydrogen-bond acceptors (Lipinski definition) is 9. The van der Waals surface area contributed by atoms with Crippen molar-refractivity contribution in [3.8, 4) is 0 Å². The fraction of sp³-hybridized carbons (Fsp3) is 0.733. The van der Waals surface area contributed by atoms with E-state index in [0.717, 1.165) is 0 Å². The van der Waals surface area contributed by atoms with Gasteiger partial charge in [0.2, 0.25) is 6.29 Å². The van der Waals surface area contributed by atoms with E-state index in [0.29, 0.717) is 5.57 Å². The van der Waals surface area contributed by atoms with Gasteiger partial charge in [-0.3, -0.25) is 0 Å². The second-order valence-corrected chi connectivity index (χ2v) is 6.16. The molecule has 9 heteroatoms. The Morgan fingerprint density at radius 3 is 2.42 bits per heavy atom. The van der Waals surface area contributed by atoms with Crippen LogP contribution in [0.2, 0.25) is 0 Å². The van der Waals surface area contributed by atoms with Gasteiger partial charge in [0.25, 0.3) is 0 Å². The van der Waals surface area contributed by atoms with Crippen LogP contribution in [0.3, 0.4) is 0 Å². The van der Waals surface area contributed by atoms with Crippen molar-refractivity contribution in [3.05, 3.63) is 24.0 Å². The maximum atomic E-state index is 10.0. The van der Waals surface area contributed by atoms with Crippen LogP contribution in [0.1, 0.15) is 0 Å². The van der Waals surface area contributed by atoms with E-state index < -0.39 is 55.6 Å². The molecule has 1 aliphatic carbocycles. The summed E-state index contributed by atoms with van der Waals surface area (Å²) in [7, 11) is 0. The maximum absolute atomic E-state index is 10.0. The Kier molecular flexibility index (Phi) is 5.23. The summed E-state index contributed by atoms with van der Waals surface area (Å²) >= 11 is 0. The number of ether oxygens (including phenoxy) is 3. The van der Waals surface area contributed by atoms with Gasteiger partial charge in [0.05, 0.1) is 31.5 Å². The van der Waals surface area contributed by atoms with E-state index in [9.17, 15) is 30.6 Å². The van der Waals surface area contributed by atoms with Crippen molar-refractivity contribution in [2.75, 3.05) is 13.2 Å². The first-order valence-corrected chi connectivity index (χ1v) is 7.75.